The quantitative estimate of drug-likeness (QED) is 0.709. The molecule has 3 aromatic rings. The second-order valence-corrected chi connectivity index (χ2v) is 6.40. The maximum atomic E-state index is 13.1. The fourth-order valence-electron chi connectivity index (χ4n) is 3.18. The Bertz CT molecular complexity index is 949. The smallest absolute Gasteiger partial charge is 0.294 e. The highest BCUT2D eigenvalue weighted by Crippen LogP contribution is 2.29. The molecule has 2 aromatic heterocycles. The van der Waals surface area contributed by atoms with Gasteiger partial charge in [0.05, 0.1) is 17.6 Å². The van der Waals surface area contributed by atoms with Crippen LogP contribution in [-0.2, 0) is 25.7 Å². The van der Waals surface area contributed by atoms with Crippen molar-refractivity contribution in [3.8, 4) is 11.3 Å². The van der Waals surface area contributed by atoms with Gasteiger partial charge in [-0.1, -0.05) is 0 Å². The molecule has 1 aliphatic heterocycles. The van der Waals surface area contributed by atoms with Gasteiger partial charge in [0.2, 0.25) is 5.82 Å². The average Bonchev–Trinajstić information content (AvgIpc) is 3.09. The maximum absolute atomic E-state index is 13.1. The average molecular weight is 377 g/mol. The van der Waals surface area contributed by atoms with Crippen LogP contribution in [0.15, 0.2) is 36.7 Å². The zero-order chi connectivity index (χ0) is 19.0. The zero-order valence-electron chi connectivity index (χ0n) is 14.1. The normalized spacial score (nSPS) is 15.0. The van der Waals surface area contributed by atoms with Crippen LogP contribution in [0.2, 0.25) is 0 Å². The number of nitrogens with one attached hydrogen (secondary N) is 1. The van der Waals surface area contributed by atoms with Crippen molar-refractivity contribution in [2.75, 3.05) is 6.54 Å². The molecule has 1 aromatic carbocycles. The van der Waals surface area contributed by atoms with E-state index < -0.39 is 12.0 Å². The standard InChI is InChI=1S/C18H15F4N5/c19-14-3-1-11(2-4-14)16-13(8-24-26-16)10-27-6-5-15-12(9-27)7-23-17(25-15)18(20,21)22/h1-4,7-8H,5-6,9-10H2,(H,24,26). The van der Waals surface area contributed by atoms with Crippen molar-refractivity contribution in [1.82, 2.24) is 25.1 Å². The first-order valence-corrected chi connectivity index (χ1v) is 8.32. The number of alkyl halides is 3. The van der Waals surface area contributed by atoms with Gasteiger partial charge in [-0.05, 0) is 24.3 Å². The molecule has 27 heavy (non-hydrogen) atoms. The highest BCUT2D eigenvalue weighted by Gasteiger charge is 2.35. The van der Waals surface area contributed by atoms with E-state index in [1.807, 2.05) is 0 Å². The van der Waals surface area contributed by atoms with E-state index >= 15 is 0 Å². The molecule has 0 atom stereocenters. The summed E-state index contributed by atoms with van der Waals surface area (Å²) in [6.07, 6.45) is -1.15. The van der Waals surface area contributed by atoms with Crippen LogP contribution in [0.3, 0.4) is 0 Å². The summed E-state index contributed by atoms with van der Waals surface area (Å²) in [5, 5.41) is 7.00. The highest BCUT2D eigenvalue weighted by atomic mass is 19.4. The largest absolute Gasteiger partial charge is 0.451 e. The highest BCUT2D eigenvalue weighted by molar-refractivity contribution is 5.62. The molecule has 0 bridgehead atoms. The number of halogens is 4. The van der Waals surface area contributed by atoms with Crippen molar-refractivity contribution in [3.05, 3.63) is 65.1 Å². The van der Waals surface area contributed by atoms with Crippen molar-refractivity contribution in [1.29, 1.82) is 0 Å². The Kier molecular flexibility index (Phi) is 4.39. The van der Waals surface area contributed by atoms with Gasteiger partial charge >= 0.3 is 6.18 Å². The molecule has 0 spiro atoms. The topological polar surface area (TPSA) is 57.7 Å². The van der Waals surface area contributed by atoms with E-state index in [9.17, 15) is 17.6 Å². The van der Waals surface area contributed by atoms with Gasteiger partial charge in [-0.2, -0.15) is 18.3 Å². The number of aromatic nitrogens is 4. The summed E-state index contributed by atoms with van der Waals surface area (Å²) < 4.78 is 51.4. The van der Waals surface area contributed by atoms with Crippen LogP contribution in [0.4, 0.5) is 17.6 Å². The molecular weight excluding hydrogens is 362 g/mol. The Morgan fingerprint density at radius 3 is 2.63 bits per heavy atom. The van der Waals surface area contributed by atoms with Crippen molar-refractivity contribution in [2.45, 2.75) is 25.7 Å². The second-order valence-electron chi connectivity index (χ2n) is 6.40. The minimum Gasteiger partial charge on any atom is -0.294 e. The molecule has 0 saturated carbocycles. The van der Waals surface area contributed by atoms with Crippen LogP contribution < -0.4 is 0 Å². The fraction of sp³-hybridized carbons (Fsp3) is 0.278. The first-order valence-electron chi connectivity index (χ1n) is 8.32. The van der Waals surface area contributed by atoms with Gasteiger partial charge in [-0.3, -0.25) is 10.00 Å². The lowest BCUT2D eigenvalue weighted by molar-refractivity contribution is -0.145. The lowest BCUT2D eigenvalue weighted by Crippen LogP contribution is -2.31. The molecule has 0 amide bonds. The van der Waals surface area contributed by atoms with E-state index in [0.29, 0.717) is 37.3 Å². The molecule has 4 rings (SSSR count). The van der Waals surface area contributed by atoms with E-state index in [1.54, 1.807) is 18.3 Å². The number of rotatable bonds is 3. The Labute approximate surface area is 152 Å². The minimum atomic E-state index is -4.53. The van der Waals surface area contributed by atoms with Crippen LogP contribution in [-0.4, -0.2) is 31.6 Å². The predicted molar refractivity (Wildman–Crippen MR) is 88.8 cm³/mol. The summed E-state index contributed by atoms with van der Waals surface area (Å²) in [6.45, 7) is 1.60. The third kappa shape index (κ3) is 3.68. The van der Waals surface area contributed by atoms with E-state index in [1.165, 1.54) is 18.3 Å². The Morgan fingerprint density at radius 2 is 1.89 bits per heavy atom. The second kappa shape index (κ2) is 6.73. The van der Waals surface area contributed by atoms with Gasteiger partial charge < -0.3 is 0 Å². The predicted octanol–water partition coefficient (Wildman–Crippen LogP) is 3.58. The minimum absolute atomic E-state index is 0.314. The molecule has 0 saturated heterocycles. The van der Waals surface area contributed by atoms with Crippen molar-refractivity contribution >= 4 is 0 Å². The molecule has 9 heteroatoms. The van der Waals surface area contributed by atoms with Crippen molar-refractivity contribution in [3.63, 3.8) is 0 Å². The molecule has 0 radical (unpaired) electrons. The van der Waals surface area contributed by atoms with Gasteiger partial charge in [0.1, 0.15) is 5.82 Å². The summed E-state index contributed by atoms with van der Waals surface area (Å²) in [6, 6.07) is 6.11. The Balaban J connectivity index is 1.51. The monoisotopic (exact) mass is 377 g/mol. The molecular formula is C18H15F4N5. The zero-order valence-corrected chi connectivity index (χ0v) is 14.1. The van der Waals surface area contributed by atoms with Crippen LogP contribution >= 0.6 is 0 Å². The number of nitrogens with zero attached hydrogens (tertiary/aromatic N) is 4. The number of hydrogen-bond donors (Lipinski definition) is 1. The fourth-order valence-corrected chi connectivity index (χ4v) is 3.18. The summed E-state index contributed by atoms with van der Waals surface area (Å²) in [7, 11) is 0. The first kappa shape index (κ1) is 17.6. The lowest BCUT2D eigenvalue weighted by Gasteiger charge is -2.28. The Hall–Kier alpha value is -2.81. The van der Waals surface area contributed by atoms with Gasteiger partial charge in [0.25, 0.3) is 0 Å². The van der Waals surface area contributed by atoms with E-state index in [4.69, 9.17) is 0 Å². The Morgan fingerprint density at radius 1 is 1.11 bits per heavy atom. The van der Waals surface area contributed by atoms with Crippen LogP contribution in [0.5, 0.6) is 0 Å². The molecule has 5 nitrogen and oxygen atoms in total. The molecule has 0 unspecified atom stereocenters. The molecule has 1 aliphatic rings. The number of aromatic amines is 1. The third-order valence-electron chi connectivity index (χ3n) is 4.51. The van der Waals surface area contributed by atoms with Crippen LogP contribution in [0, 0.1) is 5.82 Å². The molecule has 140 valence electrons. The van der Waals surface area contributed by atoms with Gasteiger partial charge in [0, 0.05) is 48.9 Å². The van der Waals surface area contributed by atoms with E-state index in [2.05, 4.69) is 25.1 Å². The summed E-state index contributed by atoms with van der Waals surface area (Å²) in [5.74, 6) is -1.41. The molecule has 3 heterocycles. The molecule has 0 fully saturated rings. The van der Waals surface area contributed by atoms with Gasteiger partial charge in [-0.15, -0.1) is 0 Å². The first-order chi connectivity index (χ1) is 12.9. The maximum Gasteiger partial charge on any atom is 0.451 e. The van der Waals surface area contributed by atoms with Crippen LogP contribution in [0.1, 0.15) is 22.6 Å². The number of hydrogen-bond acceptors (Lipinski definition) is 4. The van der Waals surface area contributed by atoms with E-state index in [-0.39, 0.29) is 5.82 Å². The summed E-state index contributed by atoms with van der Waals surface area (Å²) in [5.41, 5.74) is 3.68. The third-order valence-corrected chi connectivity index (χ3v) is 4.51. The number of H-pyrrole nitrogens is 1. The molecule has 1 N–H and O–H groups in total. The van der Waals surface area contributed by atoms with Gasteiger partial charge in [-0.25, -0.2) is 14.4 Å². The van der Waals surface area contributed by atoms with Crippen molar-refractivity contribution < 1.29 is 17.6 Å². The summed E-state index contributed by atoms with van der Waals surface area (Å²) >= 11 is 0. The number of benzene rings is 1. The summed E-state index contributed by atoms with van der Waals surface area (Å²) in [4.78, 5) is 9.22. The number of fused-ring (bicyclic) bond motifs is 1. The SMILES string of the molecule is Fc1ccc(-c2[nH]ncc2CN2CCc3nc(C(F)(F)F)ncc3C2)cc1. The van der Waals surface area contributed by atoms with Gasteiger partial charge in [0.15, 0.2) is 0 Å². The molecule has 0 aliphatic carbocycles. The van der Waals surface area contributed by atoms with Crippen molar-refractivity contribution in [2.24, 2.45) is 0 Å². The van der Waals surface area contributed by atoms with E-state index in [0.717, 1.165) is 16.8 Å². The van der Waals surface area contributed by atoms with Crippen LogP contribution in [0.25, 0.3) is 11.3 Å². The lowest BCUT2D eigenvalue weighted by atomic mass is 10.0.